The Kier molecular flexibility index (Phi) is 4.66. The molecule has 3 aromatic heterocycles. The first-order valence-electron chi connectivity index (χ1n) is 7.56. The van der Waals surface area contributed by atoms with Gasteiger partial charge in [0.15, 0.2) is 5.82 Å². The zero-order valence-electron chi connectivity index (χ0n) is 13.7. The Balaban J connectivity index is 1.74. The van der Waals surface area contributed by atoms with E-state index in [1.165, 1.54) is 0 Å². The number of H-pyrrole nitrogens is 1. The van der Waals surface area contributed by atoms with Gasteiger partial charge in [-0.05, 0) is 30.5 Å². The van der Waals surface area contributed by atoms with Crippen molar-refractivity contribution in [2.45, 2.75) is 19.8 Å². The quantitative estimate of drug-likeness (QED) is 0.770. The van der Waals surface area contributed by atoms with Crippen molar-refractivity contribution in [1.82, 2.24) is 30.5 Å². The summed E-state index contributed by atoms with van der Waals surface area (Å²) in [4.78, 5) is 20.0. The summed E-state index contributed by atoms with van der Waals surface area (Å²) >= 11 is 1.63. The molecule has 1 N–H and O–H groups in total. The number of pyridine rings is 1. The molecule has 1 atom stereocenters. The van der Waals surface area contributed by atoms with Gasteiger partial charge in [-0.1, -0.05) is 18.2 Å². The number of aromatic nitrogens is 5. The minimum absolute atomic E-state index is 0.00337. The van der Waals surface area contributed by atoms with Gasteiger partial charge < -0.3 is 4.90 Å². The number of carbonyl (C=O) groups is 1. The van der Waals surface area contributed by atoms with E-state index >= 15 is 0 Å². The Morgan fingerprint density at radius 3 is 2.83 bits per heavy atom. The maximum Gasteiger partial charge on any atom is 0.255 e. The first-order chi connectivity index (χ1) is 11.6. The van der Waals surface area contributed by atoms with E-state index in [0.29, 0.717) is 17.9 Å². The molecule has 0 saturated carbocycles. The molecule has 0 aromatic carbocycles. The molecule has 1 amide bonds. The monoisotopic (exact) mass is 342 g/mol. The Hall–Kier alpha value is -2.61. The van der Waals surface area contributed by atoms with Crippen LogP contribution in [0.15, 0.2) is 29.6 Å². The van der Waals surface area contributed by atoms with Crippen LogP contribution < -0.4 is 0 Å². The largest absolute Gasteiger partial charge is 0.341 e. The molecule has 0 spiro atoms. The number of aryl methyl sites for hydroxylation is 1. The maximum atomic E-state index is 12.7. The molecule has 24 heavy (non-hydrogen) atoms. The summed E-state index contributed by atoms with van der Waals surface area (Å²) in [5.74, 6) is 0.530. The van der Waals surface area contributed by atoms with E-state index in [1.54, 1.807) is 23.3 Å². The molecule has 0 aliphatic heterocycles. The van der Waals surface area contributed by atoms with Crippen LogP contribution in [0.3, 0.4) is 0 Å². The number of aromatic amines is 1. The van der Waals surface area contributed by atoms with E-state index in [2.05, 4.69) is 25.6 Å². The molecule has 8 heteroatoms. The fraction of sp³-hybridized carbons (Fsp3) is 0.312. The molecule has 3 aromatic rings. The van der Waals surface area contributed by atoms with Gasteiger partial charge in [0.05, 0.1) is 21.8 Å². The zero-order valence-corrected chi connectivity index (χ0v) is 14.5. The second kappa shape index (κ2) is 6.88. The van der Waals surface area contributed by atoms with Gasteiger partial charge in [0.1, 0.15) is 0 Å². The number of rotatable bonds is 5. The lowest BCUT2D eigenvalue weighted by Crippen LogP contribution is -2.31. The number of nitrogens with one attached hydrogen (secondary N) is 1. The van der Waals surface area contributed by atoms with Gasteiger partial charge in [0.25, 0.3) is 5.91 Å². The lowest BCUT2D eigenvalue weighted by atomic mass is 10.1. The Morgan fingerprint density at radius 2 is 2.21 bits per heavy atom. The molecular weight excluding hydrogens is 324 g/mol. The maximum absolute atomic E-state index is 12.7. The van der Waals surface area contributed by atoms with Crippen LogP contribution in [0.1, 0.15) is 34.7 Å². The number of hydrogen-bond acceptors (Lipinski definition) is 6. The van der Waals surface area contributed by atoms with Crippen LogP contribution in [0.5, 0.6) is 0 Å². The SMILES string of the molecule is Cc1nc(-c2cccs2)ccc1C(=O)N(C)CC(C)c1nn[nH]n1. The van der Waals surface area contributed by atoms with Crippen molar-refractivity contribution in [3.8, 4) is 10.6 Å². The van der Waals surface area contributed by atoms with E-state index < -0.39 is 0 Å². The second-order valence-electron chi connectivity index (χ2n) is 5.66. The molecule has 3 rings (SSSR count). The highest BCUT2D eigenvalue weighted by Crippen LogP contribution is 2.24. The molecule has 0 aliphatic rings. The van der Waals surface area contributed by atoms with Crippen molar-refractivity contribution >= 4 is 17.2 Å². The number of likely N-dealkylation sites (N-methyl/N-ethyl adjacent to an activating group) is 1. The summed E-state index contributed by atoms with van der Waals surface area (Å²) in [5, 5.41) is 15.9. The highest BCUT2D eigenvalue weighted by molar-refractivity contribution is 7.13. The average molecular weight is 342 g/mol. The van der Waals surface area contributed by atoms with E-state index in [1.807, 2.05) is 43.5 Å². The predicted molar refractivity (Wildman–Crippen MR) is 91.8 cm³/mol. The van der Waals surface area contributed by atoms with E-state index in [-0.39, 0.29) is 11.8 Å². The molecule has 3 heterocycles. The minimum Gasteiger partial charge on any atom is -0.341 e. The predicted octanol–water partition coefficient (Wildman–Crippen LogP) is 2.51. The van der Waals surface area contributed by atoms with Crippen molar-refractivity contribution in [3.05, 3.63) is 46.7 Å². The van der Waals surface area contributed by atoms with E-state index in [0.717, 1.165) is 16.3 Å². The number of carbonyl (C=O) groups excluding carboxylic acids is 1. The van der Waals surface area contributed by atoms with Crippen LogP contribution >= 0.6 is 11.3 Å². The van der Waals surface area contributed by atoms with Crippen LogP contribution in [0.25, 0.3) is 10.6 Å². The van der Waals surface area contributed by atoms with Crippen LogP contribution in [-0.4, -0.2) is 50.0 Å². The number of tetrazole rings is 1. The number of amides is 1. The van der Waals surface area contributed by atoms with Crippen LogP contribution in [0.2, 0.25) is 0 Å². The highest BCUT2D eigenvalue weighted by Gasteiger charge is 2.20. The van der Waals surface area contributed by atoms with Crippen molar-refractivity contribution in [1.29, 1.82) is 0 Å². The third-order valence-corrected chi connectivity index (χ3v) is 4.68. The van der Waals surface area contributed by atoms with Crippen LogP contribution in [0, 0.1) is 6.92 Å². The van der Waals surface area contributed by atoms with Crippen molar-refractivity contribution in [2.75, 3.05) is 13.6 Å². The third-order valence-electron chi connectivity index (χ3n) is 3.79. The molecule has 124 valence electrons. The molecule has 0 saturated heterocycles. The Labute approximate surface area is 143 Å². The standard InChI is InChI=1S/C16H18N6OS/c1-10(15-18-20-21-19-15)9-22(3)16(23)12-6-7-13(17-11(12)2)14-5-4-8-24-14/h4-8,10H,9H2,1-3H3,(H,18,19,20,21). The highest BCUT2D eigenvalue weighted by atomic mass is 32.1. The second-order valence-corrected chi connectivity index (χ2v) is 6.61. The number of thiophene rings is 1. The third kappa shape index (κ3) is 3.33. The molecule has 0 radical (unpaired) electrons. The number of hydrogen-bond donors (Lipinski definition) is 1. The summed E-state index contributed by atoms with van der Waals surface area (Å²) in [6.07, 6.45) is 0. The summed E-state index contributed by atoms with van der Waals surface area (Å²) in [6.45, 7) is 4.32. The van der Waals surface area contributed by atoms with Gasteiger partial charge in [-0.2, -0.15) is 5.21 Å². The topological polar surface area (TPSA) is 87.7 Å². The van der Waals surface area contributed by atoms with Gasteiger partial charge in [-0.15, -0.1) is 21.5 Å². The van der Waals surface area contributed by atoms with Crippen molar-refractivity contribution in [3.63, 3.8) is 0 Å². The molecule has 0 bridgehead atoms. The zero-order chi connectivity index (χ0) is 17.1. The fourth-order valence-corrected chi connectivity index (χ4v) is 3.20. The average Bonchev–Trinajstić information content (AvgIpc) is 3.27. The fourth-order valence-electron chi connectivity index (χ4n) is 2.51. The Bertz CT molecular complexity index is 815. The smallest absolute Gasteiger partial charge is 0.255 e. The summed E-state index contributed by atoms with van der Waals surface area (Å²) in [5.41, 5.74) is 2.23. The molecule has 0 aliphatic carbocycles. The minimum atomic E-state index is -0.0620. The first-order valence-corrected chi connectivity index (χ1v) is 8.44. The lowest BCUT2D eigenvalue weighted by Gasteiger charge is -2.20. The van der Waals surface area contributed by atoms with Gasteiger partial charge >= 0.3 is 0 Å². The van der Waals surface area contributed by atoms with Crippen molar-refractivity contribution < 1.29 is 4.79 Å². The molecule has 1 unspecified atom stereocenters. The molecular formula is C16H18N6OS. The van der Waals surface area contributed by atoms with Gasteiger partial charge in [-0.3, -0.25) is 9.78 Å². The van der Waals surface area contributed by atoms with Crippen molar-refractivity contribution in [2.24, 2.45) is 0 Å². The number of nitrogens with zero attached hydrogens (tertiary/aromatic N) is 5. The summed E-state index contributed by atoms with van der Waals surface area (Å²) < 4.78 is 0. The molecule has 7 nitrogen and oxygen atoms in total. The van der Waals surface area contributed by atoms with Crippen LogP contribution in [-0.2, 0) is 0 Å². The van der Waals surface area contributed by atoms with Gasteiger partial charge in [-0.25, -0.2) is 0 Å². The normalized spacial score (nSPS) is 12.1. The lowest BCUT2D eigenvalue weighted by molar-refractivity contribution is 0.0786. The Morgan fingerprint density at radius 1 is 1.38 bits per heavy atom. The molecule has 0 fully saturated rings. The van der Waals surface area contributed by atoms with Crippen LogP contribution in [0.4, 0.5) is 0 Å². The summed E-state index contributed by atoms with van der Waals surface area (Å²) in [7, 11) is 1.77. The first kappa shape index (κ1) is 16.3. The van der Waals surface area contributed by atoms with E-state index in [4.69, 9.17) is 0 Å². The van der Waals surface area contributed by atoms with Gasteiger partial charge in [0.2, 0.25) is 0 Å². The van der Waals surface area contributed by atoms with Gasteiger partial charge in [0, 0.05) is 19.5 Å². The van der Waals surface area contributed by atoms with E-state index in [9.17, 15) is 4.79 Å². The summed E-state index contributed by atoms with van der Waals surface area (Å²) in [6, 6.07) is 7.74.